The summed E-state index contributed by atoms with van der Waals surface area (Å²) in [4.78, 5) is 5.68. The topological polar surface area (TPSA) is 45.0 Å². The zero-order valence-corrected chi connectivity index (χ0v) is 9.66. The van der Waals surface area contributed by atoms with Crippen LogP contribution in [0.1, 0.15) is 30.1 Å². The van der Waals surface area contributed by atoms with Crippen molar-refractivity contribution in [3.05, 3.63) is 23.5 Å². The van der Waals surface area contributed by atoms with E-state index in [9.17, 15) is 0 Å². The molecule has 0 amide bonds. The van der Waals surface area contributed by atoms with Crippen molar-refractivity contribution in [3.8, 4) is 0 Å². The molecule has 0 saturated heterocycles. The largest absolute Gasteiger partial charge is 0.365 e. The molecule has 2 atom stereocenters. The molecular weight excluding hydrogens is 186 g/mol. The Morgan fingerprint density at radius 2 is 2.33 bits per heavy atom. The summed E-state index contributed by atoms with van der Waals surface area (Å²) >= 11 is 0. The van der Waals surface area contributed by atoms with Gasteiger partial charge in [0.1, 0.15) is 0 Å². The molecule has 1 aromatic rings. The molecule has 1 aliphatic rings. The summed E-state index contributed by atoms with van der Waals surface area (Å²) in [5, 5.41) is 0. The Balaban J connectivity index is 2.19. The van der Waals surface area contributed by atoms with Gasteiger partial charge in [0.05, 0.1) is 0 Å². The minimum Gasteiger partial charge on any atom is -0.365 e. The van der Waals surface area contributed by atoms with E-state index in [1.165, 1.54) is 24.1 Å². The van der Waals surface area contributed by atoms with Gasteiger partial charge in [0.25, 0.3) is 0 Å². The number of nitrogens with zero attached hydrogens (tertiary/aromatic N) is 1. The Hall–Kier alpha value is -0.800. The first kappa shape index (κ1) is 10.7. The van der Waals surface area contributed by atoms with E-state index >= 15 is 0 Å². The maximum absolute atomic E-state index is 5.65. The minimum atomic E-state index is 0.566. The summed E-state index contributed by atoms with van der Waals surface area (Å²) < 4.78 is 0. The maximum Gasteiger partial charge on any atom is 0.0362 e. The van der Waals surface area contributed by atoms with Gasteiger partial charge in [-0.2, -0.15) is 0 Å². The molecule has 0 aromatic carbocycles. The van der Waals surface area contributed by atoms with Gasteiger partial charge in [-0.15, -0.1) is 0 Å². The molecule has 0 bridgehead atoms. The van der Waals surface area contributed by atoms with Crippen LogP contribution in [0.3, 0.4) is 0 Å². The Morgan fingerprint density at radius 3 is 3.00 bits per heavy atom. The molecule has 1 heterocycles. The minimum absolute atomic E-state index is 0.566. The molecule has 0 radical (unpaired) electrons. The molecule has 2 rings (SSSR count). The van der Waals surface area contributed by atoms with Gasteiger partial charge in [0, 0.05) is 17.9 Å². The lowest BCUT2D eigenvalue weighted by molar-refractivity contribution is 0.225. The average Bonchev–Trinajstić information content (AvgIpc) is 2.64. The van der Waals surface area contributed by atoms with Gasteiger partial charge < -0.3 is 15.6 Å². The van der Waals surface area contributed by atoms with Gasteiger partial charge in [-0.05, 0) is 57.5 Å². The summed E-state index contributed by atoms with van der Waals surface area (Å²) in [6, 6.07) is 2.79. The number of H-pyrrole nitrogens is 1. The molecule has 3 heteroatoms. The van der Waals surface area contributed by atoms with Gasteiger partial charge in [-0.1, -0.05) is 0 Å². The number of aromatic nitrogens is 1. The highest BCUT2D eigenvalue weighted by Gasteiger charge is 2.28. The SMILES string of the molecule is CN(C)C1CC(CCN)Cc2[nH]ccc21. The van der Waals surface area contributed by atoms with Crippen LogP contribution in [0.2, 0.25) is 0 Å². The van der Waals surface area contributed by atoms with Crippen LogP contribution in [0, 0.1) is 5.92 Å². The number of fused-ring (bicyclic) bond motifs is 1. The Kier molecular flexibility index (Phi) is 3.12. The fourth-order valence-electron chi connectivity index (χ4n) is 2.66. The highest BCUT2D eigenvalue weighted by Crippen LogP contribution is 2.36. The fourth-order valence-corrected chi connectivity index (χ4v) is 2.66. The molecule has 3 N–H and O–H groups in total. The fraction of sp³-hybridized carbons (Fsp3) is 0.667. The third kappa shape index (κ3) is 2.08. The van der Waals surface area contributed by atoms with Crippen molar-refractivity contribution in [3.63, 3.8) is 0 Å². The summed E-state index contributed by atoms with van der Waals surface area (Å²) in [5.41, 5.74) is 8.55. The zero-order chi connectivity index (χ0) is 10.8. The second-order valence-electron chi connectivity index (χ2n) is 4.77. The van der Waals surface area contributed by atoms with Crippen molar-refractivity contribution in [2.75, 3.05) is 20.6 Å². The molecular formula is C12H21N3. The number of rotatable bonds is 3. The highest BCUT2D eigenvalue weighted by atomic mass is 15.1. The molecule has 0 fully saturated rings. The standard InChI is InChI=1S/C12H21N3/c1-15(2)12-8-9(3-5-13)7-11-10(12)4-6-14-11/h4,6,9,12,14H,3,5,7-8,13H2,1-2H3. The second kappa shape index (κ2) is 4.37. The third-order valence-corrected chi connectivity index (χ3v) is 3.48. The summed E-state index contributed by atoms with van der Waals surface area (Å²) in [7, 11) is 4.32. The molecule has 1 aliphatic carbocycles. The molecule has 84 valence electrons. The Morgan fingerprint density at radius 1 is 1.53 bits per heavy atom. The average molecular weight is 207 g/mol. The first-order valence-corrected chi connectivity index (χ1v) is 5.75. The molecule has 15 heavy (non-hydrogen) atoms. The summed E-state index contributed by atoms with van der Waals surface area (Å²) in [6.45, 7) is 0.806. The van der Waals surface area contributed by atoms with Crippen molar-refractivity contribution in [2.45, 2.75) is 25.3 Å². The van der Waals surface area contributed by atoms with Crippen LogP contribution in [0.5, 0.6) is 0 Å². The second-order valence-corrected chi connectivity index (χ2v) is 4.77. The van der Waals surface area contributed by atoms with Gasteiger partial charge in [0.15, 0.2) is 0 Å². The van der Waals surface area contributed by atoms with Crippen LogP contribution in [0.4, 0.5) is 0 Å². The van der Waals surface area contributed by atoms with E-state index in [0.717, 1.165) is 18.9 Å². The normalized spacial score (nSPS) is 25.6. The van der Waals surface area contributed by atoms with E-state index in [4.69, 9.17) is 5.73 Å². The lowest BCUT2D eigenvalue weighted by Crippen LogP contribution is -2.29. The predicted molar refractivity (Wildman–Crippen MR) is 62.7 cm³/mol. The number of aromatic amines is 1. The van der Waals surface area contributed by atoms with Crippen LogP contribution in [0.25, 0.3) is 0 Å². The van der Waals surface area contributed by atoms with E-state index < -0.39 is 0 Å². The monoisotopic (exact) mass is 207 g/mol. The first-order valence-electron chi connectivity index (χ1n) is 5.75. The Bertz CT molecular complexity index is 316. The summed E-state index contributed by atoms with van der Waals surface area (Å²) in [5.74, 6) is 0.744. The van der Waals surface area contributed by atoms with Gasteiger partial charge in [-0.25, -0.2) is 0 Å². The smallest absolute Gasteiger partial charge is 0.0362 e. The van der Waals surface area contributed by atoms with Crippen molar-refractivity contribution in [2.24, 2.45) is 11.7 Å². The number of nitrogens with two attached hydrogens (primary N) is 1. The molecule has 0 saturated carbocycles. The van der Waals surface area contributed by atoms with Gasteiger partial charge in [0.2, 0.25) is 0 Å². The molecule has 1 aromatic heterocycles. The van der Waals surface area contributed by atoms with Gasteiger partial charge >= 0.3 is 0 Å². The van der Waals surface area contributed by atoms with E-state index in [-0.39, 0.29) is 0 Å². The number of hydrogen-bond donors (Lipinski definition) is 2. The molecule has 2 unspecified atom stereocenters. The van der Waals surface area contributed by atoms with Crippen LogP contribution < -0.4 is 5.73 Å². The van der Waals surface area contributed by atoms with Crippen molar-refractivity contribution >= 4 is 0 Å². The van der Waals surface area contributed by atoms with Crippen molar-refractivity contribution in [1.29, 1.82) is 0 Å². The zero-order valence-electron chi connectivity index (χ0n) is 9.66. The highest BCUT2D eigenvalue weighted by molar-refractivity contribution is 5.27. The third-order valence-electron chi connectivity index (χ3n) is 3.48. The van der Waals surface area contributed by atoms with Crippen molar-refractivity contribution in [1.82, 2.24) is 9.88 Å². The lowest BCUT2D eigenvalue weighted by Gasteiger charge is -2.33. The number of hydrogen-bond acceptors (Lipinski definition) is 2. The molecule has 3 nitrogen and oxygen atoms in total. The van der Waals surface area contributed by atoms with Gasteiger partial charge in [-0.3, -0.25) is 0 Å². The van der Waals surface area contributed by atoms with E-state index in [1.54, 1.807) is 0 Å². The van der Waals surface area contributed by atoms with Crippen LogP contribution in [-0.4, -0.2) is 30.5 Å². The number of nitrogens with one attached hydrogen (secondary N) is 1. The lowest BCUT2D eigenvalue weighted by atomic mass is 9.82. The summed E-state index contributed by atoms with van der Waals surface area (Å²) in [6.07, 6.45) is 5.62. The van der Waals surface area contributed by atoms with Crippen molar-refractivity contribution < 1.29 is 0 Å². The first-order chi connectivity index (χ1) is 7.22. The quantitative estimate of drug-likeness (QED) is 0.789. The van der Waals surface area contributed by atoms with E-state index in [2.05, 4.69) is 36.2 Å². The van der Waals surface area contributed by atoms with E-state index in [0.29, 0.717) is 6.04 Å². The predicted octanol–water partition coefficient (Wildman–Crippen LogP) is 1.53. The molecule has 0 aliphatic heterocycles. The van der Waals surface area contributed by atoms with E-state index in [1.807, 2.05) is 0 Å². The molecule has 0 spiro atoms. The van der Waals surface area contributed by atoms with Crippen LogP contribution in [0.15, 0.2) is 12.3 Å². The van der Waals surface area contributed by atoms with Crippen LogP contribution >= 0.6 is 0 Å². The van der Waals surface area contributed by atoms with Crippen LogP contribution in [-0.2, 0) is 6.42 Å². The Labute approximate surface area is 91.7 Å². The maximum atomic E-state index is 5.65.